The highest BCUT2D eigenvalue weighted by molar-refractivity contribution is 6.54. The number of hydrogen-bond acceptors (Lipinski definition) is 2. The summed E-state index contributed by atoms with van der Waals surface area (Å²) in [6.45, 7) is 1.65. The molecule has 2 nitrogen and oxygen atoms in total. The topological polar surface area (TPSA) is 26.3 Å². The van der Waals surface area contributed by atoms with Crippen LogP contribution >= 0.6 is 23.2 Å². The summed E-state index contributed by atoms with van der Waals surface area (Å²) in [6.07, 6.45) is 1.25. The number of ketones is 1. The first kappa shape index (κ1) is 9.79. The minimum Gasteiger partial charge on any atom is -0.501 e. The molecule has 0 aliphatic carbocycles. The van der Waals surface area contributed by atoms with Crippen LogP contribution in [0.4, 0.5) is 0 Å². The van der Waals surface area contributed by atoms with Gasteiger partial charge in [-0.3, -0.25) is 4.79 Å². The van der Waals surface area contributed by atoms with Crippen LogP contribution in [0.25, 0.3) is 0 Å². The zero-order chi connectivity index (χ0) is 8.15. The van der Waals surface area contributed by atoms with Crippen molar-refractivity contribution in [3.8, 4) is 0 Å². The van der Waals surface area contributed by atoms with Gasteiger partial charge in [-0.15, -0.1) is 0 Å². The number of ether oxygens (including phenoxy) is 1. The molecule has 0 unspecified atom stereocenters. The fraction of sp³-hybridized carbons (Fsp3) is 0.500. The molecule has 0 aliphatic rings. The van der Waals surface area contributed by atoms with Gasteiger partial charge in [-0.2, -0.15) is 0 Å². The molecule has 0 rings (SSSR count). The molecule has 0 atom stereocenters. The van der Waals surface area contributed by atoms with E-state index in [0.717, 1.165) is 0 Å². The minimum absolute atomic E-state index is 0.359. The summed E-state index contributed by atoms with van der Waals surface area (Å²) < 4.78 is 4.69. The Morgan fingerprint density at radius 3 is 2.40 bits per heavy atom. The summed E-state index contributed by atoms with van der Waals surface area (Å²) in [7, 11) is 1.47. The molecular formula is C6H8Cl2O2. The van der Waals surface area contributed by atoms with Crippen LogP contribution in [-0.2, 0) is 9.53 Å². The lowest BCUT2D eigenvalue weighted by molar-refractivity contribution is -0.113. The van der Waals surface area contributed by atoms with Gasteiger partial charge in [0, 0.05) is 6.08 Å². The zero-order valence-electron chi connectivity index (χ0n) is 5.73. The highest BCUT2D eigenvalue weighted by atomic mass is 35.5. The SMILES string of the molecule is COC(C)=CC(=O)C(Cl)Cl. The third-order valence-electron chi connectivity index (χ3n) is 0.883. The number of hydrogen-bond donors (Lipinski definition) is 0. The number of halogens is 2. The third-order valence-corrected chi connectivity index (χ3v) is 1.31. The molecule has 0 N–H and O–H groups in total. The van der Waals surface area contributed by atoms with Crippen molar-refractivity contribution in [2.24, 2.45) is 0 Å². The monoisotopic (exact) mass is 182 g/mol. The molecule has 0 heterocycles. The number of alkyl halides is 2. The quantitative estimate of drug-likeness (QED) is 0.379. The molecule has 0 aromatic rings. The zero-order valence-corrected chi connectivity index (χ0v) is 7.24. The summed E-state index contributed by atoms with van der Waals surface area (Å²) in [4.78, 5) is 9.70. The Kier molecular flexibility index (Phi) is 4.49. The van der Waals surface area contributed by atoms with Crippen molar-refractivity contribution in [1.82, 2.24) is 0 Å². The van der Waals surface area contributed by atoms with E-state index in [1.165, 1.54) is 13.2 Å². The van der Waals surface area contributed by atoms with Crippen LogP contribution in [0.1, 0.15) is 6.92 Å². The van der Waals surface area contributed by atoms with E-state index in [1.54, 1.807) is 6.92 Å². The summed E-state index contributed by atoms with van der Waals surface area (Å²) >= 11 is 10.5. The molecule has 10 heavy (non-hydrogen) atoms. The lowest BCUT2D eigenvalue weighted by atomic mass is 10.4. The van der Waals surface area contributed by atoms with E-state index < -0.39 is 4.84 Å². The van der Waals surface area contributed by atoms with Gasteiger partial charge < -0.3 is 4.74 Å². The molecular weight excluding hydrogens is 175 g/mol. The number of allylic oxidation sites excluding steroid dienone is 2. The Labute approximate surface area is 69.8 Å². The van der Waals surface area contributed by atoms with Gasteiger partial charge in [0.1, 0.15) is 0 Å². The first-order chi connectivity index (χ1) is 4.57. The van der Waals surface area contributed by atoms with Gasteiger partial charge >= 0.3 is 0 Å². The number of carbonyl (C=O) groups is 1. The number of rotatable bonds is 3. The maximum absolute atomic E-state index is 10.7. The van der Waals surface area contributed by atoms with E-state index >= 15 is 0 Å². The maximum atomic E-state index is 10.7. The minimum atomic E-state index is -0.995. The Morgan fingerprint density at radius 1 is 1.60 bits per heavy atom. The molecule has 0 fully saturated rings. The first-order valence-electron chi connectivity index (χ1n) is 2.62. The van der Waals surface area contributed by atoms with Crippen molar-refractivity contribution in [3.05, 3.63) is 11.8 Å². The smallest absolute Gasteiger partial charge is 0.191 e. The van der Waals surface area contributed by atoms with Crippen molar-refractivity contribution >= 4 is 29.0 Å². The van der Waals surface area contributed by atoms with Crippen molar-refractivity contribution < 1.29 is 9.53 Å². The summed E-state index contributed by atoms with van der Waals surface area (Å²) in [5.41, 5.74) is 0. The van der Waals surface area contributed by atoms with E-state index in [4.69, 9.17) is 27.9 Å². The fourth-order valence-electron chi connectivity index (χ4n) is 0.322. The normalized spacial score (nSPS) is 11.9. The van der Waals surface area contributed by atoms with Crippen LogP contribution < -0.4 is 0 Å². The van der Waals surface area contributed by atoms with E-state index in [0.29, 0.717) is 5.76 Å². The van der Waals surface area contributed by atoms with Crippen LogP contribution in [0.3, 0.4) is 0 Å². The second-order valence-corrected chi connectivity index (χ2v) is 2.76. The van der Waals surface area contributed by atoms with Gasteiger partial charge in [-0.25, -0.2) is 0 Å². The van der Waals surface area contributed by atoms with E-state index in [2.05, 4.69) is 0 Å². The summed E-state index contributed by atoms with van der Waals surface area (Å²) in [5.74, 6) is 0.138. The predicted octanol–water partition coefficient (Wildman–Crippen LogP) is 1.91. The molecule has 0 aromatic carbocycles. The van der Waals surface area contributed by atoms with E-state index in [9.17, 15) is 4.79 Å². The fourth-order valence-corrected chi connectivity index (χ4v) is 0.448. The van der Waals surface area contributed by atoms with Gasteiger partial charge in [0.25, 0.3) is 0 Å². The molecule has 0 spiro atoms. The van der Waals surface area contributed by atoms with Gasteiger partial charge in [-0.05, 0) is 6.92 Å². The Balaban J connectivity index is 4.00. The van der Waals surface area contributed by atoms with Gasteiger partial charge in [-0.1, -0.05) is 23.2 Å². The van der Waals surface area contributed by atoms with Crippen LogP contribution in [0, 0.1) is 0 Å². The largest absolute Gasteiger partial charge is 0.501 e. The lowest BCUT2D eigenvalue weighted by Crippen LogP contribution is -2.04. The molecule has 0 aromatic heterocycles. The molecule has 0 saturated carbocycles. The second-order valence-electron chi connectivity index (χ2n) is 1.66. The van der Waals surface area contributed by atoms with Gasteiger partial charge in [0.15, 0.2) is 10.6 Å². The van der Waals surface area contributed by atoms with Gasteiger partial charge in [0.2, 0.25) is 0 Å². The molecule has 0 saturated heterocycles. The van der Waals surface area contributed by atoms with Crippen LogP contribution in [-0.4, -0.2) is 17.7 Å². The second kappa shape index (κ2) is 4.58. The molecule has 0 bridgehead atoms. The van der Waals surface area contributed by atoms with Gasteiger partial charge in [0.05, 0.1) is 12.9 Å². The summed E-state index contributed by atoms with van der Waals surface area (Å²) in [6, 6.07) is 0. The average molecular weight is 183 g/mol. The van der Waals surface area contributed by atoms with Crippen molar-refractivity contribution in [1.29, 1.82) is 0 Å². The Morgan fingerprint density at radius 2 is 2.10 bits per heavy atom. The number of carbonyl (C=O) groups excluding carboxylic acids is 1. The predicted molar refractivity (Wildman–Crippen MR) is 41.3 cm³/mol. The average Bonchev–Trinajstić information content (AvgIpc) is 1.87. The van der Waals surface area contributed by atoms with Crippen molar-refractivity contribution in [2.75, 3.05) is 7.11 Å². The highest BCUT2D eigenvalue weighted by Crippen LogP contribution is 2.05. The molecule has 4 heteroatoms. The first-order valence-corrected chi connectivity index (χ1v) is 3.49. The number of methoxy groups -OCH3 is 1. The van der Waals surface area contributed by atoms with Crippen LogP contribution in [0.2, 0.25) is 0 Å². The Bertz CT molecular complexity index is 152. The standard InChI is InChI=1S/C6H8Cl2O2/c1-4(10-2)3-5(9)6(7)8/h3,6H,1-2H3. The van der Waals surface area contributed by atoms with E-state index in [-0.39, 0.29) is 5.78 Å². The van der Waals surface area contributed by atoms with Crippen LogP contribution in [0.15, 0.2) is 11.8 Å². The molecule has 58 valence electrons. The molecule has 0 amide bonds. The lowest BCUT2D eigenvalue weighted by Gasteiger charge is -1.97. The van der Waals surface area contributed by atoms with Crippen molar-refractivity contribution in [2.45, 2.75) is 11.8 Å². The molecule has 0 aliphatic heterocycles. The van der Waals surface area contributed by atoms with Crippen molar-refractivity contribution in [3.63, 3.8) is 0 Å². The van der Waals surface area contributed by atoms with Crippen LogP contribution in [0.5, 0.6) is 0 Å². The third kappa shape index (κ3) is 3.75. The highest BCUT2D eigenvalue weighted by Gasteiger charge is 2.07. The maximum Gasteiger partial charge on any atom is 0.191 e. The Hall–Kier alpha value is -0.210. The van der Waals surface area contributed by atoms with E-state index in [1.807, 2.05) is 0 Å². The summed E-state index contributed by atoms with van der Waals surface area (Å²) in [5, 5.41) is 0. The molecule has 0 radical (unpaired) electrons.